The Morgan fingerprint density at radius 2 is 0.896 bits per heavy atom. The molecule has 5 rings (SSSR count). The molecular weight excluding hydrogens is 761 g/mol. The summed E-state index contributed by atoms with van der Waals surface area (Å²) >= 11 is 7.38. The predicted molar refractivity (Wildman–Crippen MR) is 231 cm³/mol. The summed E-state index contributed by atoms with van der Waals surface area (Å²) in [5.41, 5.74) is 8.66. The van der Waals surface area contributed by atoms with E-state index in [4.69, 9.17) is 0 Å². The van der Waals surface area contributed by atoms with Gasteiger partial charge in [0, 0.05) is 29.7 Å². The summed E-state index contributed by atoms with van der Waals surface area (Å²) in [6.07, 6.45) is 6.71. The van der Waals surface area contributed by atoms with E-state index in [1.54, 1.807) is 10.4 Å². The van der Waals surface area contributed by atoms with Gasteiger partial charge in [0.25, 0.3) is 0 Å². The molecule has 48 heavy (non-hydrogen) atoms. The summed E-state index contributed by atoms with van der Waals surface area (Å²) in [4.78, 5) is 0. The van der Waals surface area contributed by atoms with Gasteiger partial charge in [0.1, 0.15) is 8.07 Å². The fourth-order valence-electron chi connectivity index (χ4n) is 8.07. The lowest BCUT2D eigenvalue weighted by Gasteiger charge is -2.36. The highest BCUT2D eigenvalue weighted by Gasteiger charge is 2.49. The molecule has 0 nitrogen and oxygen atoms in total. The molecule has 4 aromatic rings. The molecule has 0 unspecified atom stereocenters. The third-order valence-electron chi connectivity index (χ3n) is 10.4. The Bertz CT molecular complexity index is 1500. The van der Waals surface area contributed by atoms with E-state index in [0.717, 1.165) is 10.7 Å². The standard InChI is InChI=1S/C43H54Br2Si3/c1-43(2,27-15-28-44)47-32-18-34-48(33-17-31-46-30-16-29-45)41(37-23-11-5-12-24-37)39(35-19-7-3-8-20-35)40(36-21-9-4-10-22-36)42(48)38-25-13-6-14-26-38/h3-14,19-26H,15-18,27-34,46-47H2,1-2H3. The Labute approximate surface area is 313 Å². The van der Waals surface area contributed by atoms with Gasteiger partial charge in [0.2, 0.25) is 0 Å². The summed E-state index contributed by atoms with van der Waals surface area (Å²) < 4.78 is 0. The summed E-state index contributed by atoms with van der Waals surface area (Å²) in [7, 11) is -2.50. The van der Waals surface area contributed by atoms with Crippen LogP contribution in [-0.4, -0.2) is 37.8 Å². The third kappa shape index (κ3) is 9.39. The van der Waals surface area contributed by atoms with Crippen molar-refractivity contribution in [1.29, 1.82) is 0 Å². The Hall–Kier alpha value is -2.03. The van der Waals surface area contributed by atoms with E-state index in [-0.39, 0.29) is 19.0 Å². The second-order valence-electron chi connectivity index (χ2n) is 14.4. The second kappa shape index (κ2) is 18.8. The zero-order valence-corrected chi connectivity index (χ0v) is 36.2. The van der Waals surface area contributed by atoms with E-state index in [0.29, 0.717) is 5.04 Å². The molecule has 0 radical (unpaired) electrons. The molecule has 0 atom stereocenters. The van der Waals surface area contributed by atoms with Gasteiger partial charge in [-0.1, -0.05) is 204 Å². The van der Waals surface area contributed by atoms with Gasteiger partial charge in [-0.15, -0.1) is 0 Å². The Morgan fingerprint density at radius 1 is 0.500 bits per heavy atom. The van der Waals surface area contributed by atoms with Gasteiger partial charge in [-0.3, -0.25) is 0 Å². The molecule has 1 heterocycles. The zero-order chi connectivity index (χ0) is 33.7. The highest BCUT2D eigenvalue weighted by molar-refractivity contribution is 9.09. The molecule has 4 aromatic carbocycles. The third-order valence-corrected chi connectivity index (χ3v) is 21.5. The van der Waals surface area contributed by atoms with Gasteiger partial charge >= 0.3 is 0 Å². The van der Waals surface area contributed by atoms with E-state index < -0.39 is 8.07 Å². The quantitative estimate of drug-likeness (QED) is 0.0502. The van der Waals surface area contributed by atoms with Crippen molar-refractivity contribution in [3.8, 4) is 0 Å². The molecule has 0 saturated carbocycles. The van der Waals surface area contributed by atoms with E-state index >= 15 is 0 Å². The number of halogens is 2. The molecule has 0 N–H and O–H groups in total. The summed E-state index contributed by atoms with van der Waals surface area (Å²) in [6, 6.07) is 53.1. The highest BCUT2D eigenvalue weighted by Crippen LogP contribution is 2.59. The first-order valence-corrected chi connectivity index (χ1v) is 26.7. The predicted octanol–water partition coefficient (Wildman–Crippen LogP) is 12.3. The first-order chi connectivity index (χ1) is 23.5. The maximum atomic E-state index is 3.70. The van der Waals surface area contributed by atoms with E-state index in [2.05, 4.69) is 167 Å². The van der Waals surface area contributed by atoms with Crippen LogP contribution in [0.1, 0.15) is 68.2 Å². The smallest absolute Gasteiger partial charge is 0.0928 e. The van der Waals surface area contributed by atoms with Crippen LogP contribution in [0.3, 0.4) is 0 Å². The van der Waals surface area contributed by atoms with Crippen molar-refractivity contribution >= 4 is 80.5 Å². The lowest BCUT2D eigenvalue weighted by Crippen LogP contribution is -2.37. The van der Waals surface area contributed by atoms with Gasteiger partial charge in [0.15, 0.2) is 0 Å². The van der Waals surface area contributed by atoms with Crippen LogP contribution in [0.2, 0.25) is 35.3 Å². The van der Waals surface area contributed by atoms with Crippen LogP contribution < -0.4 is 0 Å². The Morgan fingerprint density at radius 3 is 1.33 bits per heavy atom. The van der Waals surface area contributed by atoms with Crippen molar-refractivity contribution in [3.05, 3.63) is 144 Å². The van der Waals surface area contributed by atoms with Crippen molar-refractivity contribution < 1.29 is 0 Å². The minimum atomic E-state index is -2.27. The van der Waals surface area contributed by atoms with Crippen LogP contribution in [0.15, 0.2) is 121 Å². The normalized spacial score (nSPS) is 15.1. The van der Waals surface area contributed by atoms with Crippen LogP contribution in [0.25, 0.3) is 21.5 Å². The average Bonchev–Trinajstić information content (AvgIpc) is 3.43. The molecule has 0 saturated heterocycles. The average molecular weight is 815 g/mol. The number of hydrogen-bond donors (Lipinski definition) is 0. The number of allylic oxidation sites excluding steroid dienone is 2. The maximum Gasteiger partial charge on any atom is 0.121 e. The van der Waals surface area contributed by atoms with Crippen LogP contribution in [0.5, 0.6) is 0 Å². The summed E-state index contributed by atoms with van der Waals surface area (Å²) in [6.45, 7) is 5.10. The summed E-state index contributed by atoms with van der Waals surface area (Å²) in [5.74, 6) is 0. The molecule has 1 aliphatic heterocycles. The van der Waals surface area contributed by atoms with Gasteiger partial charge in [-0.2, -0.15) is 0 Å². The minimum Gasteiger partial charge on any atom is -0.0928 e. The molecule has 252 valence electrons. The van der Waals surface area contributed by atoms with Gasteiger partial charge in [0.05, 0.1) is 0 Å². The van der Waals surface area contributed by atoms with Crippen LogP contribution in [-0.2, 0) is 0 Å². The first-order valence-electron chi connectivity index (χ1n) is 18.3. The second-order valence-corrected chi connectivity index (χ2v) is 25.4. The molecule has 0 aromatic heterocycles. The molecule has 1 aliphatic rings. The first kappa shape index (κ1) is 37.2. The largest absolute Gasteiger partial charge is 0.121 e. The van der Waals surface area contributed by atoms with Crippen molar-refractivity contribution in [2.24, 2.45) is 0 Å². The minimum absolute atomic E-state index is 0.0380. The Kier molecular flexibility index (Phi) is 14.6. The molecule has 0 amide bonds. The van der Waals surface area contributed by atoms with Gasteiger partial charge < -0.3 is 0 Å². The lowest BCUT2D eigenvalue weighted by molar-refractivity contribution is 0.593. The monoisotopic (exact) mass is 812 g/mol. The van der Waals surface area contributed by atoms with Gasteiger partial charge in [-0.25, -0.2) is 0 Å². The highest BCUT2D eigenvalue weighted by atomic mass is 79.9. The molecule has 0 aliphatic carbocycles. The number of benzene rings is 4. The molecule has 5 heteroatoms. The Balaban J connectivity index is 1.73. The number of rotatable bonds is 19. The molecule has 0 spiro atoms. The van der Waals surface area contributed by atoms with Crippen LogP contribution in [0.4, 0.5) is 0 Å². The van der Waals surface area contributed by atoms with Gasteiger partial charge in [-0.05, 0) is 73.8 Å². The van der Waals surface area contributed by atoms with E-state index in [1.165, 1.54) is 95.7 Å². The fraction of sp³-hybridized carbons (Fsp3) is 0.349. The van der Waals surface area contributed by atoms with Crippen LogP contribution in [0, 0.1) is 0 Å². The van der Waals surface area contributed by atoms with E-state index in [9.17, 15) is 0 Å². The van der Waals surface area contributed by atoms with Crippen LogP contribution >= 0.6 is 31.9 Å². The SMILES string of the molecule is CC(C)(CCCBr)[SiH2]CCC[Si]1(CCC[SiH2]CCCBr)C(c2ccccc2)=C(c2ccccc2)C(c2ccccc2)=C1c1ccccc1. The maximum absolute atomic E-state index is 3.70. The zero-order valence-electron chi connectivity index (χ0n) is 29.2. The van der Waals surface area contributed by atoms with E-state index in [1.807, 2.05) is 0 Å². The van der Waals surface area contributed by atoms with Crippen molar-refractivity contribution in [1.82, 2.24) is 0 Å². The topological polar surface area (TPSA) is 0 Å². The lowest BCUT2D eigenvalue weighted by atomic mass is 9.89. The molecule has 0 bridgehead atoms. The fourth-order valence-corrected chi connectivity index (χ4v) is 20.1. The summed E-state index contributed by atoms with van der Waals surface area (Å²) in [5, 5.41) is 6.21. The van der Waals surface area contributed by atoms with Crippen molar-refractivity contribution in [2.45, 2.75) is 81.2 Å². The molecular formula is C43H54Br2Si3. The number of hydrogen-bond acceptors (Lipinski definition) is 0. The van der Waals surface area contributed by atoms with Crippen molar-refractivity contribution in [2.75, 3.05) is 10.7 Å². The van der Waals surface area contributed by atoms with Crippen molar-refractivity contribution in [3.63, 3.8) is 0 Å². The number of alkyl halides is 2. The molecule has 0 fully saturated rings.